The van der Waals surface area contributed by atoms with E-state index in [1.165, 1.54) is 0 Å². The number of Topliss-reactive ketones (excluding diaryl/α,β-unsaturated/α-hetero) is 1. The van der Waals surface area contributed by atoms with Crippen LogP contribution in [0, 0.1) is 5.92 Å². The van der Waals surface area contributed by atoms with Crippen molar-refractivity contribution in [1.82, 2.24) is 14.9 Å². The van der Waals surface area contributed by atoms with Gasteiger partial charge in [0.1, 0.15) is 13.2 Å². The first-order valence-electron chi connectivity index (χ1n) is 10.8. The van der Waals surface area contributed by atoms with Crippen molar-refractivity contribution < 1.29 is 19.1 Å². The number of piperidine rings is 1. The van der Waals surface area contributed by atoms with Crippen LogP contribution in [0.1, 0.15) is 33.6 Å². The number of benzene rings is 2. The normalized spacial score (nSPS) is 15.9. The molecule has 0 atom stereocenters. The smallest absolute Gasteiger partial charge is 0.256 e. The van der Waals surface area contributed by atoms with E-state index in [0.29, 0.717) is 67.6 Å². The molecular formula is C25H23N3O4. The molecular weight excluding hydrogens is 406 g/mol. The molecule has 0 N–H and O–H groups in total. The topological polar surface area (TPSA) is 81.6 Å². The molecule has 0 aliphatic carbocycles. The minimum Gasteiger partial charge on any atom is -0.486 e. The van der Waals surface area contributed by atoms with E-state index in [1.807, 2.05) is 30.3 Å². The Kier molecular flexibility index (Phi) is 5.54. The van der Waals surface area contributed by atoms with E-state index in [1.54, 1.807) is 35.5 Å². The third-order valence-electron chi connectivity index (χ3n) is 5.91. The molecule has 7 nitrogen and oxygen atoms in total. The van der Waals surface area contributed by atoms with Gasteiger partial charge >= 0.3 is 0 Å². The molecule has 3 heterocycles. The molecule has 2 aliphatic heterocycles. The van der Waals surface area contributed by atoms with E-state index >= 15 is 0 Å². The summed E-state index contributed by atoms with van der Waals surface area (Å²) in [5.74, 6) is 1.76. The zero-order chi connectivity index (χ0) is 21.9. The molecule has 1 saturated heterocycles. The lowest BCUT2D eigenvalue weighted by Gasteiger charge is -2.31. The van der Waals surface area contributed by atoms with Gasteiger partial charge in [-0.15, -0.1) is 0 Å². The highest BCUT2D eigenvalue weighted by Gasteiger charge is 2.29. The summed E-state index contributed by atoms with van der Waals surface area (Å²) < 4.78 is 11.1. The van der Waals surface area contributed by atoms with Crippen LogP contribution in [0.4, 0.5) is 0 Å². The first-order valence-corrected chi connectivity index (χ1v) is 10.8. The van der Waals surface area contributed by atoms with Gasteiger partial charge < -0.3 is 14.4 Å². The number of nitrogens with zero attached hydrogens (tertiary/aromatic N) is 3. The maximum absolute atomic E-state index is 13.0. The lowest BCUT2D eigenvalue weighted by Crippen LogP contribution is -2.40. The lowest BCUT2D eigenvalue weighted by atomic mass is 9.88. The molecule has 0 unspecified atom stereocenters. The van der Waals surface area contributed by atoms with Gasteiger partial charge in [-0.1, -0.05) is 30.3 Å². The highest BCUT2D eigenvalue weighted by molar-refractivity contribution is 5.99. The van der Waals surface area contributed by atoms with Gasteiger partial charge in [0.25, 0.3) is 5.91 Å². The molecule has 5 rings (SSSR count). The fourth-order valence-electron chi connectivity index (χ4n) is 4.13. The van der Waals surface area contributed by atoms with Crippen LogP contribution in [0.5, 0.6) is 11.5 Å². The van der Waals surface area contributed by atoms with Crippen LogP contribution in [0.15, 0.2) is 60.9 Å². The maximum Gasteiger partial charge on any atom is 0.256 e. The van der Waals surface area contributed by atoms with Crippen LogP contribution in [-0.2, 0) is 0 Å². The third-order valence-corrected chi connectivity index (χ3v) is 5.91. The number of carbonyl (C=O) groups excluding carboxylic acids is 2. The van der Waals surface area contributed by atoms with E-state index in [9.17, 15) is 9.59 Å². The maximum atomic E-state index is 13.0. The van der Waals surface area contributed by atoms with E-state index in [4.69, 9.17) is 9.47 Å². The fraction of sp³-hybridized carbons (Fsp3) is 0.280. The number of fused-ring (bicyclic) bond motifs is 1. The standard InChI is InChI=1S/C25H23N3O4/c29-23(19-6-7-21-22(14-19)32-13-12-31-21)17-8-10-28(11-9-17)25(30)20-15-26-24(27-16-20)18-4-2-1-3-5-18/h1-7,14-17H,8-13H2. The Balaban J connectivity index is 1.21. The Morgan fingerprint density at radius 2 is 1.53 bits per heavy atom. The Labute approximate surface area is 186 Å². The molecule has 32 heavy (non-hydrogen) atoms. The van der Waals surface area contributed by atoms with Gasteiger partial charge in [-0.3, -0.25) is 9.59 Å². The van der Waals surface area contributed by atoms with Crippen molar-refractivity contribution in [1.29, 1.82) is 0 Å². The van der Waals surface area contributed by atoms with Crippen molar-refractivity contribution in [3.8, 4) is 22.9 Å². The highest BCUT2D eigenvalue weighted by Crippen LogP contribution is 2.32. The largest absolute Gasteiger partial charge is 0.486 e. The summed E-state index contributed by atoms with van der Waals surface area (Å²) in [6.07, 6.45) is 4.40. The van der Waals surface area contributed by atoms with Gasteiger partial charge in [-0.05, 0) is 31.0 Å². The number of aromatic nitrogens is 2. The SMILES string of the molecule is O=C(c1ccc2c(c1)OCCO2)C1CCN(C(=O)c2cnc(-c3ccccc3)nc2)CC1. The van der Waals surface area contributed by atoms with Gasteiger partial charge in [0.2, 0.25) is 0 Å². The van der Waals surface area contributed by atoms with E-state index in [2.05, 4.69) is 9.97 Å². The molecule has 3 aromatic rings. The molecule has 2 aliphatic rings. The number of carbonyl (C=O) groups is 2. The molecule has 0 saturated carbocycles. The average molecular weight is 429 g/mol. The number of ketones is 1. The van der Waals surface area contributed by atoms with Gasteiger partial charge in [-0.2, -0.15) is 0 Å². The molecule has 162 valence electrons. The van der Waals surface area contributed by atoms with Gasteiger partial charge in [0, 0.05) is 42.5 Å². The van der Waals surface area contributed by atoms with Gasteiger partial charge in [-0.25, -0.2) is 9.97 Å². The zero-order valence-corrected chi connectivity index (χ0v) is 17.6. The number of hydrogen-bond acceptors (Lipinski definition) is 6. The summed E-state index contributed by atoms with van der Waals surface area (Å²) in [5.41, 5.74) is 2.00. The predicted molar refractivity (Wildman–Crippen MR) is 118 cm³/mol. The number of likely N-dealkylation sites (tertiary alicyclic amines) is 1. The molecule has 1 aromatic heterocycles. The Bertz CT molecular complexity index is 1120. The Morgan fingerprint density at radius 1 is 0.844 bits per heavy atom. The van der Waals surface area contributed by atoms with Crippen LogP contribution in [0.2, 0.25) is 0 Å². The molecule has 7 heteroatoms. The van der Waals surface area contributed by atoms with Crippen molar-refractivity contribution in [3.63, 3.8) is 0 Å². The summed E-state index contributed by atoms with van der Waals surface area (Å²) in [7, 11) is 0. The molecule has 1 fully saturated rings. The highest BCUT2D eigenvalue weighted by atomic mass is 16.6. The minimum atomic E-state index is -0.113. The Hall–Kier alpha value is -3.74. The van der Waals surface area contributed by atoms with Crippen molar-refractivity contribution >= 4 is 11.7 Å². The summed E-state index contributed by atoms with van der Waals surface area (Å²) in [5, 5.41) is 0. The second-order valence-electron chi connectivity index (χ2n) is 7.95. The molecule has 0 spiro atoms. The number of hydrogen-bond donors (Lipinski definition) is 0. The molecule has 1 amide bonds. The van der Waals surface area contributed by atoms with Crippen molar-refractivity contribution in [2.75, 3.05) is 26.3 Å². The first kappa shape index (κ1) is 20.2. The minimum absolute atomic E-state index is 0.0876. The number of amides is 1. The zero-order valence-electron chi connectivity index (χ0n) is 17.6. The predicted octanol–water partition coefficient (Wildman–Crippen LogP) is 3.65. The number of rotatable bonds is 4. The first-order chi connectivity index (χ1) is 15.7. The van der Waals surface area contributed by atoms with Crippen molar-refractivity contribution in [2.24, 2.45) is 5.92 Å². The van der Waals surface area contributed by atoms with Crippen LogP contribution < -0.4 is 9.47 Å². The van der Waals surface area contributed by atoms with E-state index in [0.717, 1.165) is 5.56 Å². The van der Waals surface area contributed by atoms with Crippen LogP contribution in [0.25, 0.3) is 11.4 Å². The van der Waals surface area contributed by atoms with Gasteiger partial charge in [0.05, 0.1) is 5.56 Å². The van der Waals surface area contributed by atoms with Gasteiger partial charge in [0.15, 0.2) is 23.1 Å². The summed E-state index contributed by atoms with van der Waals surface area (Å²) in [4.78, 5) is 36.3. The van der Waals surface area contributed by atoms with Crippen molar-refractivity contribution in [3.05, 3.63) is 72.1 Å². The molecule has 0 radical (unpaired) electrons. The average Bonchev–Trinajstić information content (AvgIpc) is 2.88. The number of ether oxygens (including phenoxy) is 2. The second-order valence-corrected chi connectivity index (χ2v) is 7.95. The second kappa shape index (κ2) is 8.78. The van der Waals surface area contributed by atoms with Crippen molar-refractivity contribution in [2.45, 2.75) is 12.8 Å². The quantitative estimate of drug-likeness (QED) is 0.589. The summed E-state index contributed by atoms with van der Waals surface area (Å²) >= 11 is 0. The van der Waals surface area contributed by atoms with E-state index < -0.39 is 0 Å². The Morgan fingerprint density at radius 3 is 2.25 bits per heavy atom. The monoisotopic (exact) mass is 429 g/mol. The van der Waals surface area contributed by atoms with Crippen LogP contribution >= 0.6 is 0 Å². The van der Waals surface area contributed by atoms with Crippen LogP contribution in [-0.4, -0.2) is 52.9 Å². The lowest BCUT2D eigenvalue weighted by molar-refractivity contribution is 0.0649. The van der Waals surface area contributed by atoms with E-state index in [-0.39, 0.29) is 17.6 Å². The molecule has 0 bridgehead atoms. The third kappa shape index (κ3) is 4.06. The fourth-order valence-corrected chi connectivity index (χ4v) is 4.13. The molecule has 2 aromatic carbocycles. The summed E-state index contributed by atoms with van der Waals surface area (Å²) in [6, 6.07) is 15.0. The summed E-state index contributed by atoms with van der Waals surface area (Å²) in [6.45, 7) is 2.06. The van der Waals surface area contributed by atoms with Crippen LogP contribution in [0.3, 0.4) is 0 Å².